The lowest BCUT2D eigenvalue weighted by molar-refractivity contribution is 0.417. The van der Waals surface area contributed by atoms with E-state index in [1.54, 1.807) is 36.1 Å². The maximum Gasteiger partial charge on any atom is 0.142 e. The van der Waals surface area contributed by atoms with Gasteiger partial charge in [-0.2, -0.15) is 0 Å². The Labute approximate surface area is 125 Å². The van der Waals surface area contributed by atoms with E-state index in [9.17, 15) is 0 Å². The van der Waals surface area contributed by atoms with Crippen molar-refractivity contribution in [3.05, 3.63) is 40.9 Å². The van der Waals surface area contributed by atoms with Gasteiger partial charge in [-0.3, -0.25) is 0 Å². The van der Waals surface area contributed by atoms with Gasteiger partial charge in [0.1, 0.15) is 11.3 Å². The Bertz CT molecular complexity index is 772. The molecule has 3 rings (SSSR count). The van der Waals surface area contributed by atoms with Gasteiger partial charge < -0.3 is 15.8 Å². The molecule has 20 heavy (non-hydrogen) atoms. The smallest absolute Gasteiger partial charge is 0.142 e. The van der Waals surface area contributed by atoms with Crippen LogP contribution < -0.4 is 15.8 Å². The molecule has 6 heteroatoms. The summed E-state index contributed by atoms with van der Waals surface area (Å²) in [5.74, 6) is 0.701. The quantitative estimate of drug-likeness (QED) is 0.709. The number of ether oxygens (including phenoxy) is 1. The molecule has 0 fully saturated rings. The lowest BCUT2D eigenvalue weighted by Crippen LogP contribution is -1.99. The molecule has 0 aliphatic carbocycles. The number of rotatable bonds is 3. The highest BCUT2D eigenvalue weighted by Gasteiger charge is 2.10. The summed E-state index contributed by atoms with van der Waals surface area (Å²) in [6, 6.07) is 9.30. The average Bonchev–Trinajstić information content (AvgIpc) is 2.91. The van der Waals surface area contributed by atoms with E-state index in [0.717, 1.165) is 21.6 Å². The largest absolute Gasteiger partial charge is 0.495 e. The first-order chi connectivity index (χ1) is 9.69. The highest BCUT2D eigenvalue weighted by atomic mass is 35.5. The number of fused-ring (bicyclic) bond motifs is 1. The fourth-order valence-corrected chi connectivity index (χ4v) is 2.85. The summed E-state index contributed by atoms with van der Waals surface area (Å²) < 4.78 is 6.37. The van der Waals surface area contributed by atoms with E-state index in [-0.39, 0.29) is 0 Å². The molecule has 0 saturated carbocycles. The number of anilines is 3. The van der Waals surface area contributed by atoms with Crippen LogP contribution in [0.25, 0.3) is 10.2 Å². The standard InChI is InChI=1S/C14H12ClN3OS/c1-19-11-4-2-8(15)6-10(11)18-9-3-5-12-14(13(9)16)17-7-20-12/h2-7,18H,16H2,1H3. The SMILES string of the molecule is COc1ccc(Cl)cc1Nc1ccc2scnc2c1N. The number of nitrogens with two attached hydrogens (primary N) is 1. The molecule has 0 aliphatic rings. The molecule has 0 aliphatic heterocycles. The molecule has 0 saturated heterocycles. The highest BCUT2D eigenvalue weighted by Crippen LogP contribution is 2.35. The second-order valence-corrected chi connectivity index (χ2v) is 5.52. The molecule has 0 spiro atoms. The van der Waals surface area contributed by atoms with Crippen molar-refractivity contribution in [3.8, 4) is 5.75 Å². The van der Waals surface area contributed by atoms with Gasteiger partial charge in [0.25, 0.3) is 0 Å². The van der Waals surface area contributed by atoms with Crippen LogP contribution in [0.1, 0.15) is 0 Å². The molecule has 3 N–H and O–H groups in total. The van der Waals surface area contributed by atoms with Gasteiger partial charge in [0.05, 0.1) is 34.4 Å². The number of hydrogen-bond acceptors (Lipinski definition) is 5. The number of aromatic nitrogens is 1. The zero-order chi connectivity index (χ0) is 14.1. The monoisotopic (exact) mass is 305 g/mol. The number of nitrogens with zero attached hydrogens (tertiary/aromatic N) is 1. The molecule has 102 valence electrons. The van der Waals surface area contributed by atoms with Gasteiger partial charge in [0, 0.05) is 5.02 Å². The van der Waals surface area contributed by atoms with Crippen LogP contribution in [0.15, 0.2) is 35.8 Å². The summed E-state index contributed by atoms with van der Waals surface area (Å²) in [6.45, 7) is 0. The van der Waals surface area contributed by atoms with Gasteiger partial charge in [0.2, 0.25) is 0 Å². The summed E-state index contributed by atoms with van der Waals surface area (Å²) in [4.78, 5) is 4.28. The number of benzene rings is 2. The van der Waals surface area contributed by atoms with Crippen LogP contribution in [0.2, 0.25) is 5.02 Å². The molecule has 0 bridgehead atoms. The van der Waals surface area contributed by atoms with E-state index in [2.05, 4.69) is 10.3 Å². The molecule has 3 aromatic rings. The van der Waals surface area contributed by atoms with E-state index < -0.39 is 0 Å². The third kappa shape index (κ3) is 2.26. The Balaban J connectivity index is 2.04. The number of hydrogen-bond donors (Lipinski definition) is 2. The van der Waals surface area contributed by atoms with Gasteiger partial charge >= 0.3 is 0 Å². The number of halogens is 1. The van der Waals surface area contributed by atoms with E-state index in [1.165, 1.54) is 0 Å². The van der Waals surface area contributed by atoms with Crippen molar-refractivity contribution < 1.29 is 4.74 Å². The normalized spacial score (nSPS) is 10.7. The van der Waals surface area contributed by atoms with Gasteiger partial charge in [-0.1, -0.05) is 11.6 Å². The Hall–Kier alpha value is -1.98. The Morgan fingerprint density at radius 1 is 1.25 bits per heavy atom. The fraction of sp³-hybridized carbons (Fsp3) is 0.0714. The first-order valence-electron chi connectivity index (χ1n) is 5.91. The van der Waals surface area contributed by atoms with Crippen molar-refractivity contribution >= 4 is 50.2 Å². The molecule has 2 aromatic carbocycles. The molecule has 0 atom stereocenters. The minimum atomic E-state index is 0.616. The van der Waals surface area contributed by atoms with Gasteiger partial charge in [0.15, 0.2) is 0 Å². The van der Waals surface area contributed by atoms with Crippen LogP contribution in [0.3, 0.4) is 0 Å². The Morgan fingerprint density at radius 3 is 2.90 bits per heavy atom. The molecular formula is C14H12ClN3OS. The predicted molar refractivity (Wildman–Crippen MR) is 85.3 cm³/mol. The molecule has 4 nitrogen and oxygen atoms in total. The highest BCUT2D eigenvalue weighted by molar-refractivity contribution is 7.16. The van der Waals surface area contributed by atoms with Crippen molar-refractivity contribution in [1.82, 2.24) is 4.98 Å². The van der Waals surface area contributed by atoms with Gasteiger partial charge in [-0.25, -0.2) is 4.98 Å². The molecule has 1 aromatic heterocycles. The number of thiazole rings is 1. The van der Waals surface area contributed by atoms with E-state index in [4.69, 9.17) is 22.1 Å². The van der Waals surface area contributed by atoms with Crippen molar-refractivity contribution in [2.75, 3.05) is 18.2 Å². The minimum absolute atomic E-state index is 0.616. The second-order valence-electron chi connectivity index (χ2n) is 4.20. The second kappa shape index (κ2) is 5.19. The lowest BCUT2D eigenvalue weighted by atomic mass is 10.2. The average molecular weight is 306 g/mol. The minimum Gasteiger partial charge on any atom is -0.495 e. The molecule has 0 radical (unpaired) electrons. The molecule has 0 amide bonds. The van der Waals surface area contributed by atoms with E-state index in [1.807, 2.05) is 18.2 Å². The van der Waals surface area contributed by atoms with Crippen LogP contribution in [0, 0.1) is 0 Å². The fourth-order valence-electron chi connectivity index (χ4n) is 1.98. The summed E-state index contributed by atoms with van der Waals surface area (Å²) in [6.07, 6.45) is 0. The summed E-state index contributed by atoms with van der Waals surface area (Å²) in [7, 11) is 1.61. The summed E-state index contributed by atoms with van der Waals surface area (Å²) in [5.41, 5.74) is 10.9. The molecule has 0 unspecified atom stereocenters. The van der Waals surface area contributed by atoms with E-state index >= 15 is 0 Å². The third-order valence-electron chi connectivity index (χ3n) is 2.97. The van der Waals surface area contributed by atoms with Gasteiger partial charge in [-0.05, 0) is 30.3 Å². The first-order valence-corrected chi connectivity index (χ1v) is 7.17. The maximum atomic E-state index is 6.15. The topological polar surface area (TPSA) is 60.2 Å². The van der Waals surface area contributed by atoms with Crippen LogP contribution in [-0.2, 0) is 0 Å². The van der Waals surface area contributed by atoms with Crippen molar-refractivity contribution in [2.24, 2.45) is 0 Å². The van der Waals surface area contributed by atoms with Crippen molar-refractivity contribution in [1.29, 1.82) is 0 Å². The van der Waals surface area contributed by atoms with Crippen LogP contribution >= 0.6 is 22.9 Å². The Kier molecular flexibility index (Phi) is 3.38. The number of nitrogen functional groups attached to an aromatic ring is 1. The van der Waals surface area contributed by atoms with Crippen LogP contribution in [0.4, 0.5) is 17.1 Å². The summed E-state index contributed by atoms with van der Waals surface area (Å²) >= 11 is 7.58. The lowest BCUT2D eigenvalue weighted by Gasteiger charge is -2.13. The maximum absolute atomic E-state index is 6.15. The van der Waals surface area contributed by atoms with Crippen LogP contribution in [-0.4, -0.2) is 12.1 Å². The predicted octanol–water partition coefficient (Wildman–Crippen LogP) is 4.28. The van der Waals surface area contributed by atoms with Crippen LogP contribution in [0.5, 0.6) is 5.75 Å². The molecular weight excluding hydrogens is 294 g/mol. The number of nitrogens with one attached hydrogen (secondary N) is 1. The van der Waals surface area contributed by atoms with Crippen molar-refractivity contribution in [2.45, 2.75) is 0 Å². The Morgan fingerprint density at radius 2 is 2.10 bits per heavy atom. The van der Waals surface area contributed by atoms with E-state index in [0.29, 0.717) is 16.5 Å². The van der Waals surface area contributed by atoms with Gasteiger partial charge in [-0.15, -0.1) is 11.3 Å². The van der Waals surface area contributed by atoms with Crippen molar-refractivity contribution in [3.63, 3.8) is 0 Å². The zero-order valence-corrected chi connectivity index (χ0v) is 12.3. The summed E-state index contributed by atoms with van der Waals surface area (Å²) in [5, 5.41) is 3.87. The third-order valence-corrected chi connectivity index (χ3v) is 4.00. The number of methoxy groups -OCH3 is 1. The molecule has 1 heterocycles. The zero-order valence-electron chi connectivity index (χ0n) is 10.7. The first kappa shape index (κ1) is 13.0.